The van der Waals surface area contributed by atoms with Crippen LogP contribution in [0.2, 0.25) is 0 Å². The predicted molar refractivity (Wildman–Crippen MR) is 109 cm³/mol. The van der Waals surface area contributed by atoms with Crippen LogP contribution in [0.1, 0.15) is 23.1 Å². The van der Waals surface area contributed by atoms with Crippen LogP contribution in [0.25, 0.3) is 0 Å². The number of nitrogens with one attached hydrogen (secondary N) is 3. The average molecular weight is 455 g/mol. The molecule has 2 aliphatic heterocycles. The van der Waals surface area contributed by atoms with Crippen molar-refractivity contribution in [2.45, 2.75) is 32.2 Å². The first kappa shape index (κ1) is 18.2. The lowest BCUT2D eigenvalue weighted by Crippen LogP contribution is -2.39. The van der Waals surface area contributed by atoms with E-state index in [1.165, 1.54) is 26.7 Å². The zero-order valence-electron chi connectivity index (χ0n) is 14.1. The van der Waals surface area contributed by atoms with Crippen LogP contribution in [0.4, 0.5) is 0 Å². The summed E-state index contributed by atoms with van der Waals surface area (Å²) in [7, 11) is 0. The Morgan fingerprint density at radius 1 is 1.00 bits per heavy atom. The number of dihydropyridines is 1. The van der Waals surface area contributed by atoms with Gasteiger partial charge in [0.1, 0.15) is 0 Å². The standard InChI is InChI=1S/C15H15Br2N.C4H10N2/c1-9-2-3-10-7-14-11(6-12(16)8-18-14)4-5-13(10)15(9)17;1-2-6-4-3-5-1/h2-3,6,8,14,18H,4-5,7H2,1H3;5-6H,1-4H2. The average Bonchev–Trinajstić information content (AvgIpc) is 2.80. The number of aryl methyl sites for hydroxylation is 1. The van der Waals surface area contributed by atoms with Gasteiger partial charge in [-0.2, -0.15) is 0 Å². The number of hydrogen-bond donors (Lipinski definition) is 3. The number of rotatable bonds is 0. The minimum absolute atomic E-state index is 0.460. The minimum atomic E-state index is 0.460. The smallest absolute Gasteiger partial charge is 0.0512 e. The minimum Gasteiger partial charge on any atom is -0.383 e. The lowest BCUT2D eigenvalue weighted by molar-refractivity contribution is 0.534. The van der Waals surface area contributed by atoms with E-state index >= 15 is 0 Å². The summed E-state index contributed by atoms with van der Waals surface area (Å²) >= 11 is 7.30. The van der Waals surface area contributed by atoms with Crippen molar-refractivity contribution in [3.05, 3.63) is 55.6 Å². The fourth-order valence-electron chi connectivity index (χ4n) is 3.38. The highest BCUT2D eigenvalue weighted by molar-refractivity contribution is 9.12. The van der Waals surface area contributed by atoms with Gasteiger partial charge in [-0.25, -0.2) is 0 Å². The van der Waals surface area contributed by atoms with Gasteiger partial charge in [0, 0.05) is 41.3 Å². The highest BCUT2D eigenvalue weighted by Crippen LogP contribution is 2.33. The van der Waals surface area contributed by atoms with Gasteiger partial charge in [-0.15, -0.1) is 0 Å². The number of halogens is 2. The summed E-state index contributed by atoms with van der Waals surface area (Å²) in [6.45, 7) is 6.72. The third-order valence-corrected chi connectivity index (χ3v) is 6.33. The van der Waals surface area contributed by atoms with Crippen LogP contribution in [0.3, 0.4) is 0 Å². The summed E-state index contributed by atoms with van der Waals surface area (Å²) in [5.41, 5.74) is 5.80. The third-order valence-electron chi connectivity index (χ3n) is 4.77. The number of hydrogen-bond acceptors (Lipinski definition) is 3. The zero-order valence-corrected chi connectivity index (χ0v) is 17.3. The molecular weight excluding hydrogens is 430 g/mol. The Hall–Kier alpha value is -0.620. The summed E-state index contributed by atoms with van der Waals surface area (Å²) in [5.74, 6) is 0. The molecular formula is C19H25Br2N3. The zero-order chi connectivity index (χ0) is 16.9. The molecule has 1 fully saturated rings. The summed E-state index contributed by atoms with van der Waals surface area (Å²) in [5, 5.41) is 9.94. The van der Waals surface area contributed by atoms with Crippen molar-refractivity contribution < 1.29 is 0 Å². The van der Waals surface area contributed by atoms with Gasteiger partial charge in [-0.1, -0.05) is 28.1 Å². The second-order valence-electron chi connectivity index (χ2n) is 6.51. The van der Waals surface area contributed by atoms with Crippen LogP contribution >= 0.6 is 31.9 Å². The predicted octanol–water partition coefficient (Wildman–Crippen LogP) is 3.56. The fourth-order valence-corrected chi connectivity index (χ4v) is 4.39. The molecule has 1 saturated heterocycles. The van der Waals surface area contributed by atoms with Gasteiger partial charge < -0.3 is 16.0 Å². The molecule has 0 amide bonds. The second kappa shape index (κ2) is 8.65. The Balaban J connectivity index is 0.000000238. The topological polar surface area (TPSA) is 36.1 Å². The Morgan fingerprint density at radius 3 is 2.38 bits per heavy atom. The number of piperazine rings is 1. The van der Waals surface area contributed by atoms with Gasteiger partial charge in [-0.05, 0) is 70.5 Å². The fraction of sp³-hybridized carbons (Fsp3) is 0.474. The first-order chi connectivity index (χ1) is 11.6. The van der Waals surface area contributed by atoms with Crippen molar-refractivity contribution in [1.82, 2.24) is 16.0 Å². The Morgan fingerprint density at radius 2 is 1.71 bits per heavy atom. The first-order valence-electron chi connectivity index (χ1n) is 8.65. The molecule has 0 spiro atoms. The molecule has 0 bridgehead atoms. The largest absolute Gasteiger partial charge is 0.383 e. The van der Waals surface area contributed by atoms with E-state index in [0.29, 0.717) is 6.04 Å². The molecule has 5 heteroatoms. The SMILES string of the molecule is C1CNCCN1.Cc1ccc2c(c1Br)CCC1=CC(Br)=CNC1C2. The van der Waals surface area contributed by atoms with Crippen LogP contribution in [-0.2, 0) is 12.8 Å². The Bertz CT molecular complexity index is 637. The normalized spacial score (nSPS) is 22.5. The van der Waals surface area contributed by atoms with E-state index in [-0.39, 0.29) is 0 Å². The van der Waals surface area contributed by atoms with E-state index in [1.807, 2.05) is 0 Å². The number of fused-ring (bicyclic) bond motifs is 2. The highest BCUT2D eigenvalue weighted by atomic mass is 79.9. The molecule has 24 heavy (non-hydrogen) atoms. The Labute approximate surface area is 161 Å². The van der Waals surface area contributed by atoms with E-state index in [1.54, 1.807) is 0 Å². The van der Waals surface area contributed by atoms with Crippen molar-refractivity contribution in [3.8, 4) is 0 Å². The van der Waals surface area contributed by atoms with E-state index < -0.39 is 0 Å². The molecule has 3 nitrogen and oxygen atoms in total. The van der Waals surface area contributed by atoms with Crippen LogP contribution in [0.5, 0.6) is 0 Å². The van der Waals surface area contributed by atoms with Crippen LogP contribution in [0.15, 0.2) is 38.9 Å². The maximum absolute atomic E-state index is 3.75. The van der Waals surface area contributed by atoms with Crippen molar-refractivity contribution in [2.75, 3.05) is 26.2 Å². The van der Waals surface area contributed by atoms with Crippen molar-refractivity contribution >= 4 is 31.9 Å². The van der Waals surface area contributed by atoms with Gasteiger partial charge in [0.15, 0.2) is 0 Å². The molecule has 2 heterocycles. The summed E-state index contributed by atoms with van der Waals surface area (Å²) < 4.78 is 2.45. The highest BCUT2D eigenvalue weighted by Gasteiger charge is 2.23. The van der Waals surface area contributed by atoms with Gasteiger partial charge >= 0.3 is 0 Å². The third kappa shape index (κ3) is 4.51. The van der Waals surface area contributed by atoms with Crippen LogP contribution < -0.4 is 16.0 Å². The summed E-state index contributed by atoms with van der Waals surface area (Å²) in [4.78, 5) is 0. The molecule has 0 radical (unpaired) electrons. The van der Waals surface area contributed by atoms with Crippen LogP contribution in [-0.4, -0.2) is 32.2 Å². The van der Waals surface area contributed by atoms with Gasteiger partial charge in [0.25, 0.3) is 0 Å². The maximum Gasteiger partial charge on any atom is 0.0512 e. The first-order valence-corrected chi connectivity index (χ1v) is 10.2. The summed E-state index contributed by atoms with van der Waals surface area (Å²) in [6, 6.07) is 4.96. The molecule has 4 rings (SSSR count). The molecule has 130 valence electrons. The molecule has 0 saturated carbocycles. The van der Waals surface area contributed by atoms with E-state index in [9.17, 15) is 0 Å². The van der Waals surface area contributed by atoms with Gasteiger partial charge in [0.2, 0.25) is 0 Å². The van der Waals surface area contributed by atoms with E-state index in [2.05, 4.69) is 79.1 Å². The number of allylic oxidation sites excluding steroid dienone is 2. The molecule has 3 aliphatic rings. The molecule has 1 aromatic carbocycles. The molecule has 0 aromatic heterocycles. The van der Waals surface area contributed by atoms with Crippen molar-refractivity contribution in [2.24, 2.45) is 0 Å². The van der Waals surface area contributed by atoms with Crippen molar-refractivity contribution in [3.63, 3.8) is 0 Å². The monoisotopic (exact) mass is 453 g/mol. The van der Waals surface area contributed by atoms with E-state index in [4.69, 9.17) is 0 Å². The Kier molecular flexibility index (Phi) is 6.56. The second-order valence-corrected chi connectivity index (χ2v) is 8.21. The van der Waals surface area contributed by atoms with Crippen molar-refractivity contribution in [1.29, 1.82) is 0 Å². The maximum atomic E-state index is 3.75. The van der Waals surface area contributed by atoms with Crippen LogP contribution in [0, 0.1) is 6.92 Å². The lowest BCUT2D eigenvalue weighted by atomic mass is 9.98. The molecule has 1 atom stereocenters. The molecule has 1 unspecified atom stereocenters. The summed E-state index contributed by atoms with van der Waals surface area (Å²) in [6.07, 6.45) is 7.67. The molecule has 1 aliphatic carbocycles. The quantitative estimate of drug-likeness (QED) is 0.560. The molecule has 3 N–H and O–H groups in total. The van der Waals surface area contributed by atoms with Gasteiger partial charge in [-0.3, -0.25) is 0 Å². The molecule has 1 aromatic rings. The van der Waals surface area contributed by atoms with E-state index in [0.717, 1.165) is 49.9 Å². The lowest BCUT2D eigenvalue weighted by Gasteiger charge is -2.22. The number of benzene rings is 1. The van der Waals surface area contributed by atoms with Gasteiger partial charge in [0.05, 0.1) is 6.04 Å².